The van der Waals surface area contributed by atoms with E-state index >= 15 is 0 Å². The summed E-state index contributed by atoms with van der Waals surface area (Å²) in [6.45, 7) is 1.24. The van der Waals surface area contributed by atoms with E-state index in [2.05, 4.69) is 15.1 Å². The third-order valence-corrected chi connectivity index (χ3v) is 8.69. The van der Waals surface area contributed by atoms with Crippen LogP contribution in [-0.2, 0) is 24.4 Å². The van der Waals surface area contributed by atoms with E-state index in [1.54, 1.807) is 18.5 Å². The molecule has 0 bridgehead atoms. The van der Waals surface area contributed by atoms with Gasteiger partial charge in [0.05, 0.1) is 11.3 Å². The van der Waals surface area contributed by atoms with Crippen LogP contribution in [0.25, 0.3) is 11.1 Å². The highest BCUT2D eigenvalue weighted by molar-refractivity contribution is 7.89. The summed E-state index contributed by atoms with van der Waals surface area (Å²) < 4.78 is 29.1. The molecule has 1 aliphatic carbocycles. The number of benzene rings is 2. The van der Waals surface area contributed by atoms with Crippen molar-refractivity contribution in [3.63, 3.8) is 0 Å². The number of carboxylic acid groups (broad SMARTS) is 1. The first kappa shape index (κ1) is 30.0. The number of rotatable bonds is 13. The number of piperidine rings is 1. The predicted molar refractivity (Wildman–Crippen MR) is 153 cm³/mol. The van der Waals surface area contributed by atoms with Crippen LogP contribution in [0.1, 0.15) is 32.1 Å². The lowest BCUT2D eigenvalue weighted by molar-refractivity contribution is -0.146. The van der Waals surface area contributed by atoms with Crippen LogP contribution in [0.3, 0.4) is 0 Å². The Kier molecular flexibility index (Phi) is 9.95. The van der Waals surface area contributed by atoms with Gasteiger partial charge in [0.15, 0.2) is 0 Å². The second-order valence-electron chi connectivity index (χ2n) is 10.4. The second-order valence-corrected chi connectivity index (χ2v) is 12.1. The van der Waals surface area contributed by atoms with Gasteiger partial charge in [-0.1, -0.05) is 42.5 Å². The molecular formula is C28H36N6O6S. The van der Waals surface area contributed by atoms with Crippen molar-refractivity contribution in [2.24, 2.45) is 16.9 Å². The second kappa shape index (κ2) is 13.6. The van der Waals surface area contributed by atoms with Crippen molar-refractivity contribution in [1.29, 1.82) is 0 Å². The third-order valence-electron chi connectivity index (χ3n) is 7.20. The van der Waals surface area contributed by atoms with Gasteiger partial charge in [0.25, 0.3) is 0 Å². The first-order valence-corrected chi connectivity index (χ1v) is 15.1. The van der Waals surface area contributed by atoms with Crippen molar-refractivity contribution in [2.45, 2.75) is 49.1 Å². The van der Waals surface area contributed by atoms with E-state index in [0.717, 1.165) is 35.4 Å². The van der Waals surface area contributed by atoms with Gasteiger partial charge in [-0.3, -0.25) is 14.4 Å². The molecule has 4 rings (SSSR count). The van der Waals surface area contributed by atoms with Gasteiger partial charge < -0.3 is 26.1 Å². The normalized spacial score (nSPS) is 18.1. The monoisotopic (exact) mass is 584 g/mol. The minimum Gasteiger partial charge on any atom is -0.480 e. The molecule has 220 valence electrons. The maximum Gasteiger partial charge on any atom is 0.323 e. The zero-order chi connectivity index (χ0) is 29.4. The lowest BCUT2D eigenvalue weighted by Crippen LogP contribution is -2.52. The largest absolute Gasteiger partial charge is 0.480 e. The number of nitrogens with two attached hydrogens (primary N) is 1. The summed E-state index contributed by atoms with van der Waals surface area (Å²) in [5.41, 5.74) is 1.73. The number of nitrogens with one attached hydrogen (secondary N) is 2. The molecule has 0 aromatic heterocycles. The van der Waals surface area contributed by atoms with Gasteiger partial charge in [0.1, 0.15) is 18.9 Å². The molecular weight excluding hydrogens is 548 g/mol. The Morgan fingerprint density at radius 2 is 1.76 bits per heavy atom. The van der Waals surface area contributed by atoms with Crippen molar-refractivity contribution >= 4 is 34.1 Å². The summed E-state index contributed by atoms with van der Waals surface area (Å²) in [7, 11) is -4.22. The Labute approximate surface area is 239 Å². The number of carbonyl (C=O) groups excluding carboxylic acids is 2. The Hall–Kier alpha value is -3.97. The summed E-state index contributed by atoms with van der Waals surface area (Å²) in [5.74, 6) is 2.92. The molecule has 41 heavy (non-hydrogen) atoms. The van der Waals surface area contributed by atoms with Gasteiger partial charge in [-0.25, -0.2) is 8.42 Å². The standard InChI is InChI=1S/C28H36N6O6S/c29-31-19-33-14-4-5-20(17-33)16-30-26(35)15-25(28(38)34(18-27(36)37)23-10-11-23)32-41(39,40)24-12-8-22(9-13-24)21-6-2-1-3-7-21/h1-3,6-9,12-13,19-20,23,25,32H,4-5,10-11,14-18,29H2,(H,30,35)(H,36,37)/t20-,25-/m0/s1. The van der Waals surface area contributed by atoms with Crippen LogP contribution in [0.15, 0.2) is 64.6 Å². The van der Waals surface area contributed by atoms with Crippen LogP contribution < -0.4 is 15.9 Å². The highest BCUT2D eigenvalue weighted by Crippen LogP contribution is 2.28. The van der Waals surface area contributed by atoms with Crippen LogP contribution in [-0.4, -0.2) is 85.7 Å². The lowest BCUT2D eigenvalue weighted by Gasteiger charge is -2.31. The van der Waals surface area contributed by atoms with Gasteiger partial charge in [-0.2, -0.15) is 9.82 Å². The number of hydrazone groups is 1. The maximum absolute atomic E-state index is 13.5. The van der Waals surface area contributed by atoms with Gasteiger partial charge >= 0.3 is 5.97 Å². The molecule has 0 spiro atoms. The molecule has 13 heteroatoms. The van der Waals surface area contributed by atoms with E-state index in [4.69, 9.17) is 5.84 Å². The van der Waals surface area contributed by atoms with E-state index in [1.165, 1.54) is 12.1 Å². The molecule has 12 nitrogen and oxygen atoms in total. The molecule has 2 aromatic rings. The van der Waals surface area contributed by atoms with Crippen LogP contribution >= 0.6 is 0 Å². The van der Waals surface area contributed by atoms with E-state index < -0.39 is 46.8 Å². The Bertz CT molecular complexity index is 1350. The number of nitrogens with zero attached hydrogens (tertiary/aromatic N) is 3. The number of carbonyl (C=O) groups is 3. The molecule has 2 amide bonds. The Morgan fingerprint density at radius 3 is 2.39 bits per heavy atom. The molecule has 2 fully saturated rings. The number of likely N-dealkylation sites (tertiary alicyclic amines) is 1. The molecule has 1 saturated heterocycles. The van der Waals surface area contributed by atoms with Crippen molar-refractivity contribution in [2.75, 3.05) is 26.2 Å². The van der Waals surface area contributed by atoms with Crippen LogP contribution in [0.5, 0.6) is 0 Å². The average Bonchev–Trinajstić information content (AvgIpc) is 3.80. The summed E-state index contributed by atoms with van der Waals surface area (Å²) in [6, 6.07) is 13.9. The Balaban J connectivity index is 1.48. The fourth-order valence-corrected chi connectivity index (χ4v) is 6.18. The molecule has 1 aliphatic heterocycles. The Morgan fingerprint density at radius 1 is 1.07 bits per heavy atom. The highest BCUT2D eigenvalue weighted by atomic mass is 32.2. The van der Waals surface area contributed by atoms with Crippen molar-refractivity contribution in [1.82, 2.24) is 19.8 Å². The molecule has 5 N–H and O–H groups in total. The van der Waals surface area contributed by atoms with Crippen molar-refractivity contribution in [3.05, 3.63) is 54.6 Å². The van der Waals surface area contributed by atoms with Gasteiger partial charge in [-0.05, 0) is 54.9 Å². The van der Waals surface area contributed by atoms with Gasteiger partial charge in [0, 0.05) is 25.7 Å². The topological polar surface area (TPSA) is 174 Å². The summed E-state index contributed by atoms with van der Waals surface area (Å²) in [4.78, 5) is 41.0. The maximum atomic E-state index is 13.5. The molecule has 1 saturated carbocycles. The van der Waals surface area contributed by atoms with Crippen LogP contribution in [0.4, 0.5) is 0 Å². The number of aliphatic carboxylic acids is 1. The number of amides is 2. The summed E-state index contributed by atoms with van der Waals surface area (Å²) in [5, 5.41) is 15.7. The molecule has 1 heterocycles. The highest BCUT2D eigenvalue weighted by Gasteiger charge is 2.39. The van der Waals surface area contributed by atoms with E-state index in [0.29, 0.717) is 25.9 Å². The minimum absolute atomic E-state index is 0.0736. The average molecular weight is 585 g/mol. The zero-order valence-corrected chi connectivity index (χ0v) is 23.5. The molecule has 2 atom stereocenters. The van der Waals surface area contributed by atoms with E-state index in [9.17, 15) is 27.9 Å². The SMILES string of the molecule is NN=CN1CCC[C@@H](CNC(=O)C[C@H](NS(=O)(=O)c2ccc(-c3ccccc3)cc2)C(=O)N(CC(=O)O)C2CC2)C1. The van der Waals surface area contributed by atoms with Crippen molar-refractivity contribution in [3.8, 4) is 11.1 Å². The number of hydrogen-bond acceptors (Lipinski definition) is 7. The first-order chi connectivity index (χ1) is 19.7. The molecule has 0 unspecified atom stereocenters. The fraction of sp³-hybridized carbons (Fsp3) is 0.429. The fourth-order valence-electron chi connectivity index (χ4n) is 4.99. The van der Waals surface area contributed by atoms with E-state index in [-0.39, 0.29) is 16.9 Å². The quantitative estimate of drug-likeness (QED) is 0.118. The smallest absolute Gasteiger partial charge is 0.323 e. The summed E-state index contributed by atoms with van der Waals surface area (Å²) in [6.07, 6.45) is 4.12. The van der Waals surface area contributed by atoms with Crippen LogP contribution in [0, 0.1) is 5.92 Å². The van der Waals surface area contributed by atoms with Crippen molar-refractivity contribution < 1.29 is 27.9 Å². The minimum atomic E-state index is -4.22. The first-order valence-electron chi connectivity index (χ1n) is 13.6. The predicted octanol–water partition coefficient (Wildman–Crippen LogP) is 1.20. The third kappa shape index (κ3) is 8.51. The van der Waals surface area contributed by atoms with E-state index in [1.807, 2.05) is 35.2 Å². The number of sulfonamides is 1. The number of carboxylic acids is 1. The zero-order valence-electron chi connectivity index (χ0n) is 22.7. The molecule has 0 radical (unpaired) electrons. The molecule has 2 aliphatic rings. The van der Waals surface area contributed by atoms with Crippen LogP contribution in [0.2, 0.25) is 0 Å². The van der Waals surface area contributed by atoms with Gasteiger partial charge in [-0.15, -0.1) is 0 Å². The van der Waals surface area contributed by atoms with Gasteiger partial charge in [0.2, 0.25) is 21.8 Å². The number of hydrogen-bond donors (Lipinski definition) is 4. The lowest BCUT2D eigenvalue weighted by atomic mass is 9.98. The molecule has 2 aromatic carbocycles. The summed E-state index contributed by atoms with van der Waals surface area (Å²) >= 11 is 0.